The molecular formula is C19H19ClN2O5. The Labute approximate surface area is 161 Å². The molecule has 0 saturated carbocycles. The molecule has 0 fully saturated rings. The summed E-state index contributed by atoms with van der Waals surface area (Å²) >= 11 is 6.08. The highest BCUT2D eigenvalue weighted by Gasteiger charge is 2.16. The van der Waals surface area contributed by atoms with Gasteiger partial charge in [0, 0.05) is 18.0 Å². The number of methoxy groups -OCH3 is 1. The van der Waals surface area contributed by atoms with E-state index < -0.39 is 24.4 Å². The first-order chi connectivity index (χ1) is 12.8. The molecule has 0 heterocycles. The Hall–Kier alpha value is -3.06. The molecule has 0 aromatic heterocycles. The fourth-order valence-corrected chi connectivity index (χ4v) is 2.42. The molecule has 0 unspecified atom stereocenters. The molecule has 0 aliphatic rings. The molecule has 0 atom stereocenters. The highest BCUT2D eigenvalue weighted by atomic mass is 35.5. The van der Waals surface area contributed by atoms with Crippen LogP contribution < -0.4 is 15.4 Å². The molecule has 7 nitrogen and oxygen atoms in total. The average Bonchev–Trinajstić information content (AvgIpc) is 2.63. The predicted molar refractivity (Wildman–Crippen MR) is 102 cm³/mol. The van der Waals surface area contributed by atoms with E-state index >= 15 is 0 Å². The van der Waals surface area contributed by atoms with Gasteiger partial charge in [-0.05, 0) is 30.7 Å². The third kappa shape index (κ3) is 5.46. The highest BCUT2D eigenvalue weighted by Crippen LogP contribution is 2.31. The van der Waals surface area contributed by atoms with E-state index in [1.807, 2.05) is 0 Å². The minimum Gasteiger partial charge on any atom is -0.495 e. The summed E-state index contributed by atoms with van der Waals surface area (Å²) in [6, 6.07) is 9.78. The van der Waals surface area contributed by atoms with Gasteiger partial charge in [0.15, 0.2) is 6.61 Å². The second-order valence-electron chi connectivity index (χ2n) is 5.63. The van der Waals surface area contributed by atoms with Gasteiger partial charge in [0.1, 0.15) is 5.75 Å². The van der Waals surface area contributed by atoms with E-state index in [1.54, 1.807) is 43.3 Å². The zero-order valence-electron chi connectivity index (χ0n) is 15.1. The molecule has 0 aliphatic carbocycles. The number of anilines is 2. The molecule has 0 bridgehead atoms. The van der Waals surface area contributed by atoms with Gasteiger partial charge in [-0.1, -0.05) is 23.7 Å². The topological polar surface area (TPSA) is 93.7 Å². The molecule has 2 aromatic rings. The summed E-state index contributed by atoms with van der Waals surface area (Å²) in [5.41, 5.74) is 1.75. The molecular weight excluding hydrogens is 372 g/mol. The van der Waals surface area contributed by atoms with E-state index in [1.165, 1.54) is 14.0 Å². The first-order valence-electron chi connectivity index (χ1n) is 7.99. The molecule has 2 amide bonds. The zero-order valence-corrected chi connectivity index (χ0v) is 15.8. The molecule has 0 radical (unpaired) electrons. The second-order valence-corrected chi connectivity index (χ2v) is 6.04. The molecule has 142 valence electrons. The summed E-state index contributed by atoms with van der Waals surface area (Å²) in [5.74, 6) is -1.15. The maximum Gasteiger partial charge on any atom is 0.303 e. The largest absolute Gasteiger partial charge is 0.495 e. The molecule has 2 N–H and O–H groups in total. The van der Waals surface area contributed by atoms with Crippen LogP contribution in [0.5, 0.6) is 5.75 Å². The predicted octanol–water partition coefficient (Wildman–Crippen LogP) is 3.41. The van der Waals surface area contributed by atoms with E-state index in [4.69, 9.17) is 16.3 Å². The average molecular weight is 391 g/mol. The second kappa shape index (κ2) is 9.05. The number of carbonyl (C=O) groups is 3. The lowest BCUT2D eigenvalue weighted by Crippen LogP contribution is -2.22. The number of rotatable bonds is 6. The number of benzene rings is 2. The Balaban J connectivity index is 2.21. The highest BCUT2D eigenvalue weighted by molar-refractivity contribution is 6.31. The van der Waals surface area contributed by atoms with Crippen LogP contribution in [0.1, 0.15) is 22.8 Å². The standard InChI is InChI=1S/C19H19ClN2O5/c1-11-8-16(17(26-3)9-14(11)20)22-19(25)13-6-4-5-7-15(13)21-18(24)10-27-12(2)23/h4-9H,10H2,1-3H3,(H,21,24)(H,22,25). The fraction of sp³-hybridized carbons (Fsp3) is 0.211. The van der Waals surface area contributed by atoms with Crippen molar-refractivity contribution < 1.29 is 23.9 Å². The van der Waals surface area contributed by atoms with Crippen molar-refractivity contribution in [1.82, 2.24) is 0 Å². The smallest absolute Gasteiger partial charge is 0.303 e. The first kappa shape index (κ1) is 20.3. The van der Waals surface area contributed by atoms with E-state index in [0.29, 0.717) is 16.5 Å². The van der Waals surface area contributed by atoms with Gasteiger partial charge < -0.3 is 20.1 Å². The van der Waals surface area contributed by atoms with Crippen LogP contribution in [0.15, 0.2) is 36.4 Å². The number of hydrogen-bond donors (Lipinski definition) is 2. The maximum atomic E-state index is 12.7. The molecule has 0 aliphatic heterocycles. The van der Waals surface area contributed by atoms with E-state index in [-0.39, 0.29) is 11.3 Å². The van der Waals surface area contributed by atoms with Gasteiger partial charge >= 0.3 is 5.97 Å². The van der Waals surface area contributed by atoms with Crippen molar-refractivity contribution in [3.63, 3.8) is 0 Å². The number of carbonyl (C=O) groups excluding carboxylic acids is 3. The van der Waals surface area contributed by atoms with Crippen molar-refractivity contribution in [1.29, 1.82) is 0 Å². The van der Waals surface area contributed by atoms with Crippen molar-refractivity contribution >= 4 is 40.8 Å². The summed E-state index contributed by atoms with van der Waals surface area (Å²) in [7, 11) is 1.47. The third-order valence-corrected chi connectivity index (χ3v) is 3.99. The molecule has 0 saturated heterocycles. The minimum absolute atomic E-state index is 0.239. The van der Waals surface area contributed by atoms with Crippen molar-refractivity contribution in [3.8, 4) is 5.75 Å². The molecule has 2 rings (SSSR count). The number of para-hydroxylation sites is 1. The van der Waals surface area contributed by atoms with Crippen LogP contribution in [0, 0.1) is 6.92 Å². The number of amides is 2. The summed E-state index contributed by atoms with van der Waals surface area (Å²) < 4.78 is 9.90. The zero-order chi connectivity index (χ0) is 20.0. The lowest BCUT2D eigenvalue weighted by Gasteiger charge is -2.14. The number of aryl methyl sites for hydroxylation is 1. The monoisotopic (exact) mass is 390 g/mol. The molecule has 2 aromatic carbocycles. The number of esters is 1. The lowest BCUT2D eigenvalue weighted by molar-refractivity contribution is -0.144. The van der Waals surface area contributed by atoms with Gasteiger partial charge in [-0.25, -0.2) is 0 Å². The van der Waals surface area contributed by atoms with Crippen LogP contribution in [-0.4, -0.2) is 31.5 Å². The molecule has 8 heteroatoms. The van der Waals surface area contributed by atoms with Crippen LogP contribution in [0.3, 0.4) is 0 Å². The van der Waals surface area contributed by atoms with E-state index in [2.05, 4.69) is 15.4 Å². The van der Waals surface area contributed by atoms with Crippen molar-refractivity contribution in [2.75, 3.05) is 24.4 Å². The number of hydrogen-bond acceptors (Lipinski definition) is 5. The summed E-state index contributed by atoms with van der Waals surface area (Å²) in [5, 5.41) is 5.82. The SMILES string of the molecule is COc1cc(Cl)c(C)cc1NC(=O)c1ccccc1NC(=O)COC(C)=O. The van der Waals surface area contributed by atoms with Crippen molar-refractivity contribution in [2.45, 2.75) is 13.8 Å². The first-order valence-corrected chi connectivity index (χ1v) is 8.37. The Morgan fingerprint density at radius 3 is 2.44 bits per heavy atom. The van der Waals surface area contributed by atoms with Gasteiger partial charge in [0.25, 0.3) is 11.8 Å². The van der Waals surface area contributed by atoms with Gasteiger partial charge in [0.2, 0.25) is 0 Å². The Morgan fingerprint density at radius 1 is 1.07 bits per heavy atom. The summed E-state index contributed by atoms with van der Waals surface area (Å²) in [4.78, 5) is 35.4. The third-order valence-electron chi connectivity index (χ3n) is 3.58. The maximum absolute atomic E-state index is 12.7. The molecule has 0 spiro atoms. The number of halogens is 1. The Morgan fingerprint density at radius 2 is 1.78 bits per heavy atom. The fourth-order valence-electron chi connectivity index (χ4n) is 2.26. The van der Waals surface area contributed by atoms with Crippen LogP contribution >= 0.6 is 11.6 Å². The van der Waals surface area contributed by atoms with Gasteiger partial charge in [-0.3, -0.25) is 14.4 Å². The summed E-state index contributed by atoms with van der Waals surface area (Å²) in [6.45, 7) is 2.58. The van der Waals surface area contributed by atoms with Crippen molar-refractivity contribution in [3.05, 3.63) is 52.5 Å². The lowest BCUT2D eigenvalue weighted by atomic mass is 10.1. The Kier molecular flexibility index (Phi) is 6.79. The number of ether oxygens (including phenoxy) is 2. The number of nitrogens with one attached hydrogen (secondary N) is 2. The van der Waals surface area contributed by atoms with Crippen LogP contribution in [0.2, 0.25) is 5.02 Å². The van der Waals surface area contributed by atoms with Crippen LogP contribution in [0.4, 0.5) is 11.4 Å². The van der Waals surface area contributed by atoms with Gasteiger partial charge in [-0.2, -0.15) is 0 Å². The van der Waals surface area contributed by atoms with Crippen LogP contribution in [0.25, 0.3) is 0 Å². The van der Waals surface area contributed by atoms with E-state index in [0.717, 1.165) is 5.56 Å². The minimum atomic E-state index is -0.568. The summed E-state index contributed by atoms with van der Waals surface area (Å²) in [6.07, 6.45) is 0. The van der Waals surface area contributed by atoms with Crippen LogP contribution in [-0.2, 0) is 14.3 Å². The molecule has 27 heavy (non-hydrogen) atoms. The van der Waals surface area contributed by atoms with Gasteiger partial charge in [-0.15, -0.1) is 0 Å². The Bertz CT molecular complexity index is 882. The van der Waals surface area contributed by atoms with E-state index in [9.17, 15) is 14.4 Å². The normalized spacial score (nSPS) is 10.1. The quantitative estimate of drug-likeness (QED) is 0.737. The van der Waals surface area contributed by atoms with Gasteiger partial charge in [0.05, 0.1) is 24.0 Å². The van der Waals surface area contributed by atoms with Crippen molar-refractivity contribution in [2.24, 2.45) is 0 Å².